The lowest BCUT2D eigenvalue weighted by molar-refractivity contribution is -0.117. The summed E-state index contributed by atoms with van der Waals surface area (Å²) in [5, 5.41) is 13.0. The number of hydrogen-bond acceptors (Lipinski definition) is 6. The van der Waals surface area contributed by atoms with Crippen molar-refractivity contribution in [1.29, 1.82) is 5.26 Å². The molecule has 0 spiro atoms. The van der Waals surface area contributed by atoms with E-state index < -0.39 is 0 Å². The van der Waals surface area contributed by atoms with Crippen molar-refractivity contribution in [2.45, 2.75) is 52.7 Å². The van der Waals surface area contributed by atoms with Gasteiger partial charge in [-0.3, -0.25) is 14.6 Å². The zero-order valence-corrected chi connectivity index (χ0v) is 18.3. The molecule has 2 aliphatic rings. The van der Waals surface area contributed by atoms with E-state index >= 15 is 0 Å². The lowest BCUT2D eigenvalue weighted by Crippen LogP contribution is -2.48. The number of ether oxygens (including phenoxy) is 1. The number of likely N-dealkylation sites (tertiary alicyclic amines) is 1. The summed E-state index contributed by atoms with van der Waals surface area (Å²) >= 11 is 1.49. The van der Waals surface area contributed by atoms with Gasteiger partial charge in [-0.1, -0.05) is 0 Å². The number of hydrogen-bond donors (Lipinski definition) is 1. The van der Waals surface area contributed by atoms with Crippen molar-refractivity contribution in [3.05, 3.63) is 16.0 Å². The average Bonchev–Trinajstić information content (AvgIpc) is 2.88. The van der Waals surface area contributed by atoms with E-state index in [1.165, 1.54) is 11.3 Å². The van der Waals surface area contributed by atoms with Crippen LogP contribution in [0.15, 0.2) is 0 Å². The molecule has 154 valence electrons. The number of carbonyl (C=O) groups is 1. The summed E-state index contributed by atoms with van der Waals surface area (Å²) in [6.45, 7) is 13.7. The second kappa shape index (κ2) is 9.36. The third kappa shape index (κ3) is 5.32. The van der Waals surface area contributed by atoms with Gasteiger partial charge in [0.2, 0.25) is 5.91 Å². The van der Waals surface area contributed by atoms with E-state index in [0.29, 0.717) is 35.2 Å². The molecule has 28 heavy (non-hydrogen) atoms. The van der Waals surface area contributed by atoms with E-state index in [4.69, 9.17) is 4.74 Å². The molecule has 2 aliphatic heterocycles. The fourth-order valence-electron chi connectivity index (χ4n) is 4.34. The van der Waals surface area contributed by atoms with Gasteiger partial charge in [-0.15, -0.1) is 11.3 Å². The highest BCUT2D eigenvalue weighted by Gasteiger charge is 2.27. The van der Waals surface area contributed by atoms with Crippen LogP contribution in [0.2, 0.25) is 0 Å². The van der Waals surface area contributed by atoms with Crippen molar-refractivity contribution < 1.29 is 9.53 Å². The van der Waals surface area contributed by atoms with Crippen LogP contribution in [0, 0.1) is 31.1 Å². The Kier molecular flexibility index (Phi) is 7.10. The Balaban J connectivity index is 1.43. The third-order valence-electron chi connectivity index (χ3n) is 5.84. The van der Waals surface area contributed by atoms with E-state index in [2.05, 4.69) is 35.0 Å². The number of amides is 1. The SMILES string of the molecule is Cc1sc(NC(=O)CN2CCC(CN3C[C@@H](C)O[C@@H](C)C3)CC2)c(C#N)c1C. The van der Waals surface area contributed by atoms with E-state index in [1.807, 2.05) is 13.8 Å². The number of aryl methyl sites for hydroxylation is 1. The first kappa shape index (κ1) is 21.3. The molecule has 6 nitrogen and oxygen atoms in total. The molecule has 0 bridgehead atoms. The second-order valence-corrected chi connectivity index (χ2v) is 9.57. The van der Waals surface area contributed by atoms with Crippen LogP contribution in [0.4, 0.5) is 5.00 Å². The Morgan fingerprint density at radius 3 is 2.46 bits per heavy atom. The van der Waals surface area contributed by atoms with Crippen molar-refractivity contribution in [2.75, 3.05) is 44.6 Å². The molecule has 3 rings (SSSR count). The summed E-state index contributed by atoms with van der Waals surface area (Å²) in [4.78, 5) is 18.3. The number of rotatable bonds is 5. The molecule has 0 unspecified atom stereocenters. The Hall–Kier alpha value is -1.46. The standard InChI is InChI=1S/C21H32N4O2S/c1-14-10-25(11-15(2)27-14)12-18-5-7-24(8-6-18)13-20(26)23-21-19(9-22)16(3)17(4)28-21/h14-15,18H,5-8,10-13H2,1-4H3,(H,23,26)/t14-,15+. The van der Waals surface area contributed by atoms with Gasteiger partial charge in [0, 0.05) is 24.5 Å². The first-order valence-corrected chi connectivity index (χ1v) is 11.1. The number of thiophene rings is 1. The van der Waals surface area contributed by atoms with Gasteiger partial charge in [0.05, 0.1) is 24.3 Å². The van der Waals surface area contributed by atoms with Crippen LogP contribution in [0.25, 0.3) is 0 Å². The van der Waals surface area contributed by atoms with Crippen LogP contribution in [0.3, 0.4) is 0 Å². The Morgan fingerprint density at radius 2 is 1.86 bits per heavy atom. The fraction of sp³-hybridized carbons (Fsp3) is 0.714. The Bertz CT molecular complexity index is 723. The molecule has 1 aromatic rings. The van der Waals surface area contributed by atoms with Crippen molar-refractivity contribution >= 4 is 22.2 Å². The van der Waals surface area contributed by atoms with Gasteiger partial charge < -0.3 is 10.1 Å². The van der Waals surface area contributed by atoms with E-state index in [9.17, 15) is 10.1 Å². The molecule has 1 amide bonds. The van der Waals surface area contributed by atoms with Crippen molar-refractivity contribution in [3.63, 3.8) is 0 Å². The first-order chi connectivity index (χ1) is 13.4. The minimum absolute atomic E-state index is 0.0213. The number of nitrogens with zero attached hydrogens (tertiary/aromatic N) is 3. The maximum Gasteiger partial charge on any atom is 0.239 e. The van der Waals surface area contributed by atoms with Crippen LogP contribution in [0.1, 0.15) is 42.7 Å². The molecule has 2 fully saturated rings. The van der Waals surface area contributed by atoms with Gasteiger partial charge >= 0.3 is 0 Å². The number of piperidine rings is 1. The van der Waals surface area contributed by atoms with Crippen molar-refractivity contribution in [1.82, 2.24) is 9.80 Å². The van der Waals surface area contributed by atoms with Crippen molar-refractivity contribution in [3.8, 4) is 6.07 Å². The monoisotopic (exact) mass is 404 g/mol. The van der Waals surface area contributed by atoms with Gasteiger partial charge in [-0.2, -0.15) is 5.26 Å². The van der Waals surface area contributed by atoms with Gasteiger partial charge in [-0.05, 0) is 65.1 Å². The molecule has 2 atom stereocenters. The van der Waals surface area contributed by atoms with Crippen LogP contribution in [0.5, 0.6) is 0 Å². The largest absolute Gasteiger partial charge is 0.373 e. The van der Waals surface area contributed by atoms with Gasteiger partial charge in [0.1, 0.15) is 11.1 Å². The Labute approximate surface area is 172 Å². The van der Waals surface area contributed by atoms with E-state index in [-0.39, 0.29) is 5.91 Å². The van der Waals surface area contributed by atoms with Gasteiger partial charge in [0.25, 0.3) is 0 Å². The van der Waals surface area contributed by atoms with Crippen LogP contribution in [-0.2, 0) is 9.53 Å². The smallest absolute Gasteiger partial charge is 0.239 e. The summed E-state index contributed by atoms with van der Waals surface area (Å²) in [5.74, 6) is 0.677. The highest BCUT2D eigenvalue weighted by molar-refractivity contribution is 7.16. The first-order valence-electron chi connectivity index (χ1n) is 10.3. The highest BCUT2D eigenvalue weighted by atomic mass is 32.1. The number of nitrogens with one attached hydrogen (secondary N) is 1. The topological polar surface area (TPSA) is 68.6 Å². The predicted molar refractivity (Wildman–Crippen MR) is 113 cm³/mol. The lowest BCUT2D eigenvalue weighted by Gasteiger charge is -2.39. The number of nitriles is 1. The minimum atomic E-state index is -0.0213. The third-order valence-corrected chi connectivity index (χ3v) is 6.96. The minimum Gasteiger partial charge on any atom is -0.373 e. The quantitative estimate of drug-likeness (QED) is 0.817. The summed E-state index contributed by atoms with van der Waals surface area (Å²) in [5.41, 5.74) is 1.57. The van der Waals surface area contributed by atoms with Crippen LogP contribution < -0.4 is 5.32 Å². The maximum absolute atomic E-state index is 12.5. The normalized spacial score (nSPS) is 24.8. The van der Waals surface area contributed by atoms with E-state index in [0.717, 1.165) is 56.0 Å². The molecule has 0 aliphatic carbocycles. The molecule has 3 heterocycles. The number of carbonyl (C=O) groups excluding carboxylic acids is 1. The summed E-state index contributed by atoms with van der Waals surface area (Å²) in [6.07, 6.45) is 2.90. The van der Waals surface area contributed by atoms with Gasteiger partial charge in [-0.25, -0.2) is 0 Å². The second-order valence-electron chi connectivity index (χ2n) is 8.34. The van der Waals surface area contributed by atoms with Crippen molar-refractivity contribution in [2.24, 2.45) is 5.92 Å². The molecular formula is C21H32N4O2S. The zero-order valence-electron chi connectivity index (χ0n) is 17.5. The molecule has 0 aromatic carbocycles. The number of anilines is 1. The average molecular weight is 405 g/mol. The van der Waals surface area contributed by atoms with Crippen LogP contribution in [-0.4, -0.2) is 67.2 Å². The zero-order chi connectivity index (χ0) is 20.3. The summed E-state index contributed by atoms with van der Waals surface area (Å²) in [6, 6.07) is 2.21. The number of morpholine rings is 1. The molecule has 0 saturated carbocycles. The predicted octanol–water partition coefficient (Wildman–Crippen LogP) is 3.00. The molecule has 0 radical (unpaired) electrons. The fourth-order valence-corrected chi connectivity index (χ4v) is 5.37. The molecule has 1 N–H and O–H groups in total. The summed E-state index contributed by atoms with van der Waals surface area (Å²) in [7, 11) is 0. The maximum atomic E-state index is 12.5. The lowest BCUT2D eigenvalue weighted by atomic mass is 9.95. The molecule has 2 saturated heterocycles. The molecular weight excluding hydrogens is 372 g/mol. The Morgan fingerprint density at radius 1 is 1.21 bits per heavy atom. The van der Waals surface area contributed by atoms with E-state index in [1.54, 1.807) is 0 Å². The summed E-state index contributed by atoms with van der Waals surface area (Å²) < 4.78 is 5.83. The highest BCUT2D eigenvalue weighted by Crippen LogP contribution is 2.31. The van der Waals surface area contributed by atoms with Crippen LogP contribution >= 0.6 is 11.3 Å². The molecule has 7 heteroatoms. The molecule has 1 aromatic heterocycles. The van der Waals surface area contributed by atoms with Gasteiger partial charge in [0.15, 0.2) is 0 Å².